The number of carbonyl (C=O) groups excluding carboxylic acids is 3. The van der Waals surface area contributed by atoms with E-state index in [1.807, 2.05) is 19.1 Å². The molecule has 0 bridgehead atoms. The normalized spacial score (nSPS) is 10.4. The average molecular weight is 405 g/mol. The van der Waals surface area contributed by atoms with Gasteiger partial charge in [0.25, 0.3) is 5.91 Å². The molecule has 1 amide bonds. The number of ketones is 1. The SMILES string of the molecule is Cc1ccc(C(=O)c2ccccc2C(=O)OCC(=O)Nc2ccc(C)c(F)c2)cc1. The van der Waals surface area contributed by atoms with Crippen LogP contribution in [0.2, 0.25) is 0 Å². The molecule has 30 heavy (non-hydrogen) atoms. The number of hydrogen-bond donors (Lipinski definition) is 1. The lowest BCUT2D eigenvalue weighted by molar-refractivity contribution is -0.119. The fourth-order valence-electron chi connectivity index (χ4n) is 2.80. The first kappa shape index (κ1) is 20.9. The summed E-state index contributed by atoms with van der Waals surface area (Å²) in [7, 11) is 0. The van der Waals surface area contributed by atoms with Crippen molar-refractivity contribution in [2.75, 3.05) is 11.9 Å². The molecule has 3 aromatic carbocycles. The van der Waals surface area contributed by atoms with Gasteiger partial charge in [0.1, 0.15) is 5.82 Å². The van der Waals surface area contributed by atoms with Gasteiger partial charge in [-0.1, -0.05) is 54.1 Å². The molecule has 0 aliphatic heterocycles. The van der Waals surface area contributed by atoms with E-state index < -0.39 is 24.3 Å². The highest BCUT2D eigenvalue weighted by Gasteiger charge is 2.20. The minimum Gasteiger partial charge on any atom is -0.452 e. The van der Waals surface area contributed by atoms with E-state index in [-0.39, 0.29) is 22.6 Å². The van der Waals surface area contributed by atoms with Crippen molar-refractivity contribution >= 4 is 23.3 Å². The predicted molar refractivity (Wildman–Crippen MR) is 111 cm³/mol. The number of nitrogens with one attached hydrogen (secondary N) is 1. The maximum Gasteiger partial charge on any atom is 0.339 e. The summed E-state index contributed by atoms with van der Waals surface area (Å²) in [6.45, 7) is 2.95. The Kier molecular flexibility index (Phi) is 6.37. The summed E-state index contributed by atoms with van der Waals surface area (Å²) in [6.07, 6.45) is 0. The van der Waals surface area contributed by atoms with Crippen LogP contribution in [0.25, 0.3) is 0 Å². The highest BCUT2D eigenvalue weighted by Crippen LogP contribution is 2.17. The van der Waals surface area contributed by atoms with Gasteiger partial charge in [-0.05, 0) is 37.6 Å². The van der Waals surface area contributed by atoms with Crippen LogP contribution in [-0.2, 0) is 9.53 Å². The van der Waals surface area contributed by atoms with Crippen LogP contribution in [0.3, 0.4) is 0 Å². The third-order valence-electron chi connectivity index (χ3n) is 4.50. The van der Waals surface area contributed by atoms with Gasteiger partial charge < -0.3 is 10.1 Å². The first-order valence-electron chi connectivity index (χ1n) is 9.28. The van der Waals surface area contributed by atoms with E-state index in [0.717, 1.165) is 5.56 Å². The quantitative estimate of drug-likeness (QED) is 0.485. The van der Waals surface area contributed by atoms with E-state index in [1.54, 1.807) is 37.3 Å². The van der Waals surface area contributed by atoms with E-state index >= 15 is 0 Å². The van der Waals surface area contributed by atoms with Crippen LogP contribution in [-0.4, -0.2) is 24.3 Å². The smallest absolute Gasteiger partial charge is 0.339 e. The molecule has 5 nitrogen and oxygen atoms in total. The molecule has 0 fully saturated rings. The van der Waals surface area contributed by atoms with E-state index in [4.69, 9.17) is 4.74 Å². The Labute approximate surface area is 173 Å². The van der Waals surface area contributed by atoms with E-state index in [2.05, 4.69) is 5.32 Å². The van der Waals surface area contributed by atoms with Crippen LogP contribution >= 0.6 is 0 Å². The van der Waals surface area contributed by atoms with Gasteiger partial charge in [0, 0.05) is 16.8 Å². The molecule has 3 aromatic rings. The van der Waals surface area contributed by atoms with E-state index in [0.29, 0.717) is 11.1 Å². The zero-order chi connectivity index (χ0) is 21.7. The van der Waals surface area contributed by atoms with Gasteiger partial charge in [0.05, 0.1) is 5.56 Å². The summed E-state index contributed by atoms with van der Waals surface area (Å²) in [5.41, 5.74) is 2.42. The summed E-state index contributed by atoms with van der Waals surface area (Å²) in [6, 6.07) is 17.5. The van der Waals surface area contributed by atoms with Crippen molar-refractivity contribution in [3.05, 3.63) is 100 Å². The summed E-state index contributed by atoms with van der Waals surface area (Å²) < 4.78 is 18.6. The number of rotatable bonds is 6. The van der Waals surface area contributed by atoms with Gasteiger partial charge in [0.15, 0.2) is 12.4 Å². The minimum atomic E-state index is -0.795. The van der Waals surface area contributed by atoms with Crippen molar-refractivity contribution in [2.45, 2.75) is 13.8 Å². The number of halogens is 1. The fourth-order valence-corrected chi connectivity index (χ4v) is 2.80. The minimum absolute atomic E-state index is 0.0669. The molecule has 0 spiro atoms. The molecular formula is C24H20FNO4. The zero-order valence-electron chi connectivity index (χ0n) is 16.6. The first-order chi connectivity index (χ1) is 14.3. The van der Waals surface area contributed by atoms with E-state index in [9.17, 15) is 18.8 Å². The summed E-state index contributed by atoms with van der Waals surface area (Å²) in [4.78, 5) is 37.3. The number of hydrogen-bond acceptors (Lipinski definition) is 4. The molecule has 0 aliphatic rings. The van der Waals surface area contributed by atoms with Crippen molar-refractivity contribution < 1.29 is 23.5 Å². The van der Waals surface area contributed by atoms with Crippen molar-refractivity contribution in [1.29, 1.82) is 0 Å². The van der Waals surface area contributed by atoms with Crippen LogP contribution in [0.4, 0.5) is 10.1 Å². The summed E-state index contributed by atoms with van der Waals surface area (Å²) in [5.74, 6) is -2.18. The van der Waals surface area contributed by atoms with Gasteiger partial charge in [0.2, 0.25) is 0 Å². The second-order valence-electron chi connectivity index (χ2n) is 6.83. The molecular weight excluding hydrogens is 385 g/mol. The molecule has 3 rings (SSSR count). The van der Waals surface area contributed by atoms with Crippen molar-refractivity contribution in [2.24, 2.45) is 0 Å². The van der Waals surface area contributed by atoms with Gasteiger partial charge in [-0.15, -0.1) is 0 Å². The lowest BCUT2D eigenvalue weighted by Crippen LogP contribution is -2.22. The maximum atomic E-state index is 13.6. The molecule has 152 valence electrons. The van der Waals surface area contributed by atoms with Gasteiger partial charge in [-0.25, -0.2) is 9.18 Å². The Morgan fingerprint density at radius 3 is 2.23 bits per heavy atom. The molecule has 0 radical (unpaired) electrons. The molecule has 0 aliphatic carbocycles. The van der Waals surface area contributed by atoms with Crippen molar-refractivity contribution in [3.63, 3.8) is 0 Å². The Balaban J connectivity index is 1.68. The third kappa shape index (κ3) is 4.97. The number of ether oxygens (including phenoxy) is 1. The first-order valence-corrected chi connectivity index (χ1v) is 9.28. The van der Waals surface area contributed by atoms with Crippen LogP contribution < -0.4 is 5.32 Å². The molecule has 0 unspecified atom stereocenters. The Morgan fingerprint density at radius 2 is 1.57 bits per heavy atom. The highest BCUT2D eigenvalue weighted by atomic mass is 19.1. The molecule has 0 atom stereocenters. The molecule has 0 saturated heterocycles. The average Bonchev–Trinajstić information content (AvgIpc) is 2.74. The third-order valence-corrected chi connectivity index (χ3v) is 4.50. The van der Waals surface area contributed by atoms with Gasteiger partial charge in [-0.2, -0.15) is 0 Å². The lowest BCUT2D eigenvalue weighted by Gasteiger charge is -2.10. The maximum absolute atomic E-state index is 13.6. The summed E-state index contributed by atoms with van der Waals surface area (Å²) >= 11 is 0. The molecule has 1 N–H and O–H groups in total. The Morgan fingerprint density at radius 1 is 0.900 bits per heavy atom. The second kappa shape index (κ2) is 9.13. The number of amides is 1. The Bertz CT molecular complexity index is 1110. The van der Waals surface area contributed by atoms with Crippen LogP contribution in [0.1, 0.15) is 37.4 Å². The number of carbonyl (C=O) groups is 3. The molecule has 0 heterocycles. The van der Waals surface area contributed by atoms with Crippen LogP contribution in [0.15, 0.2) is 66.7 Å². The standard InChI is InChI=1S/C24H20FNO4/c1-15-7-10-17(11-8-15)23(28)19-5-3-4-6-20(19)24(29)30-14-22(27)26-18-12-9-16(2)21(25)13-18/h3-13H,14H2,1-2H3,(H,26,27). The lowest BCUT2D eigenvalue weighted by atomic mass is 9.98. The van der Waals surface area contributed by atoms with Gasteiger partial charge in [-0.3, -0.25) is 9.59 Å². The highest BCUT2D eigenvalue weighted by molar-refractivity contribution is 6.14. The molecule has 0 aromatic heterocycles. The Hall–Kier alpha value is -3.80. The number of esters is 1. The van der Waals surface area contributed by atoms with Crippen LogP contribution in [0, 0.1) is 19.7 Å². The molecule has 6 heteroatoms. The largest absolute Gasteiger partial charge is 0.452 e. The van der Waals surface area contributed by atoms with Crippen molar-refractivity contribution in [1.82, 2.24) is 0 Å². The zero-order valence-corrected chi connectivity index (χ0v) is 16.6. The monoisotopic (exact) mass is 405 g/mol. The fraction of sp³-hybridized carbons (Fsp3) is 0.125. The molecule has 0 saturated carbocycles. The predicted octanol–water partition coefficient (Wildman–Crippen LogP) is 4.47. The van der Waals surface area contributed by atoms with Crippen LogP contribution in [0.5, 0.6) is 0 Å². The second-order valence-corrected chi connectivity index (χ2v) is 6.83. The topological polar surface area (TPSA) is 72.5 Å². The van der Waals surface area contributed by atoms with Gasteiger partial charge >= 0.3 is 5.97 Å². The number of benzene rings is 3. The van der Waals surface area contributed by atoms with E-state index in [1.165, 1.54) is 24.3 Å². The number of aryl methyl sites for hydroxylation is 2. The number of anilines is 1. The summed E-state index contributed by atoms with van der Waals surface area (Å²) in [5, 5.41) is 2.46. The van der Waals surface area contributed by atoms with Crippen molar-refractivity contribution in [3.8, 4) is 0 Å².